The number of aliphatic carboxylic acids is 1. The van der Waals surface area contributed by atoms with Gasteiger partial charge in [-0.1, -0.05) is 0 Å². The van der Waals surface area contributed by atoms with Crippen LogP contribution in [0.2, 0.25) is 0 Å². The molecule has 2 atom stereocenters. The average molecular weight is 697 g/mol. The molecule has 2 aliphatic rings. The number of hydrogen-bond acceptors (Lipinski definition) is 10. The number of carboxylic acids is 1. The molecule has 0 aromatic heterocycles. The van der Waals surface area contributed by atoms with Crippen molar-refractivity contribution in [3.63, 3.8) is 0 Å². The molecule has 0 bridgehead atoms. The van der Waals surface area contributed by atoms with E-state index in [9.17, 15) is 41.0 Å². The van der Waals surface area contributed by atoms with Gasteiger partial charge in [-0.05, 0) is 77.9 Å². The third-order valence-corrected chi connectivity index (χ3v) is 6.42. The summed E-state index contributed by atoms with van der Waals surface area (Å²) in [5.41, 5.74) is -0.531. The van der Waals surface area contributed by atoms with Crippen LogP contribution in [-0.4, -0.2) is 47.9 Å². The van der Waals surface area contributed by atoms with Crippen molar-refractivity contribution in [3.05, 3.63) is 58.7 Å². The molecule has 0 spiro atoms. The Morgan fingerprint density at radius 2 is 1.21 bits per heavy atom. The molecule has 256 valence electrons. The molecule has 2 heterocycles. The maximum Gasteiger partial charge on any atom is 1.00 e. The number of anilines is 2. The second-order valence-electron chi connectivity index (χ2n) is 11.6. The number of hydrogen-bond donors (Lipinski definition) is 2. The molecule has 2 unspecified atom stereocenters. The maximum atomic E-state index is 12.9. The number of carbonyl (C=O) groups excluding carboxylic acids is 2. The molecule has 2 aromatic rings. The fourth-order valence-corrected chi connectivity index (χ4v) is 4.15. The normalized spacial score (nSPS) is 22.3. The molecule has 11 nitrogen and oxygen atoms in total. The van der Waals surface area contributed by atoms with Crippen molar-refractivity contribution < 1.29 is 89.5 Å². The van der Waals surface area contributed by atoms with Crippen molar-refractivity contribution in [3.8, 4) is 12.1 Å². The van der Waals surface area contributed by atoms with Gasteiger partial charge in [0, 0.05) is 11.4 Å². The molecule has 4 rings (SSSR count). The Labute approximate surface area is 294 Å². The third kappa shape index (κ3) is 11.3. The topological polar surface area (TPSA) is 180 Å². The summed E-state index contributed by atoms with van der Waals surface area (Å²) in [6.45, 7) is 9.56. The van der Waals surface area contributed by atoms with Gasteiger partial charge in [0.25, 0.3) is 5.91 Å². The number of benzene rings is 2. The molecule has 2 aromatic carbocycles. The number of halogens is 6. The predicted molar refractivity (Wildman–Crippen MR) is 149 cm³/mol. The van der Waals surface area contributed by atoms with Gasteiger partial charge < -0.3 is 39.9 Å². The van der Waals surface area contributed by atoms with Crippen molar-refractivity contribution >= 4 is 23.3 Å². The van der Waals surface area contributed by atoms with E-state index in [0.717, 1.165) is 24.3 Å². The van der Waals surface area contributed by atoms with Crippen LogP contribution in [-0.2, 0) is 40.9 Å². The Balaban J connectivity index is 0.000000391. The van der Waals surface area contributed by atoms with E-state index >= 15 is 0 Å². The predicted octanol–water partition coefficient (Wildman–Crippen LogP) is 1.50. The van der Waals surface area contributed by atoms with Gasteiger partial charge in [0.05, 0.1) is 53.6 Å². The van der Waals surface area contributed by atoms with E-state index in [4.69, 9.17) is 35.2 Å². The molecule has 1 amide bonds. The first kappa shape index (κ1) is 42.6. The summed E-state index contributed by atoms with van der Waals surface area (Å²) in [4.78, 5) is 22.8. The number of nitrogens with zero attached hydrogens (tertiary/aromatic N) is 2. The van der Waals surface area contributed by atoms with Crippen LogP contribution in [0.25, 0.3) is 0 Å². The molecule has 48 heavy (non-hydrogen) atoms. The minimum Gasteiger partial charge on any atom is -0.547 e. The first-order valence-corrected chi connectivity index (χ1v) is 13.5. The molecule has 18 heteroatoms. The van der Waals surface area contributed by atoms with Crippen LogP contribution in [0.5, 0.6) is 0 Å². The first-order valence-electron chi connectivity index (χ1n) is 13.5. The number of alkyl halides is 6. The average Bonchev–Trinajstić information content (AvgIpc) is 3.41. The third-order valence-electron chi connectivity index (χ3n) is 6.42. The zero-order valence-corrected chi connectivity index (χ0v) is 29.0. The Morgan fingerprint density at radius 1 is 0.792 bits per heavy atom. The number of ether oxygens (including phenoxy) is 4. The van der Waals surface area contributed by atoms with Gasteiger partial charge in [-0.25, -0.2) is 0 Å². The summed E-state index contributed by atoms with van der Waals surface area (Å²) in [5, 5.41) is 30.0. The van der Waals surface area contributed by atoms with Gasteiger partial charge in [0.15, 0.2) is 17.2 Å². The molecule has 2 aliphatic heterocycles. The largest absolute Gasteiger partial charge is 1.00 e. The number of carbonyl (C=O) groups is 2. The smallest absolute Gasteiger partial charge is 0.547 e. The van der Waals surface area contributed by atoms with Gasteiger partial charge in [-0.2, -0.15) is 36.9 Å². The van der Waals surface area contributed by atoms with Crippen molar-refractivity contribution in [1.29, 1.82) is 10.5 Å². The van der Waals surface area contributed by atoms with Gasteiger partial charge >= 0.3 is 41.9 Å². The Kier molecular flexibility index (Phi) is 13.7. The number of carboxylic acid groups (broad SMARTS) is 1. The van der Waals surface area contributed by atoms with Crippen LogP contribution in [0.15, 0.2) is 36.4 Å². The van der Waals surface area contributed by atoms with E-state index in [2.05, 4.69) is 5.32 Å². The number of nitrogens with two attached hydrogens (primary N) is 1. The van der Waals surface area contributed by atoms with Crippen molar-refractivity contribution in [1.82, 2.24) is 0 Å². The van der Waals surface area contributed by atoms with E-state index in [1.807, 2.05) is 0 Å². The van der Waals surface area contributed by atoms with Gasteiger partial charge in [-0.15, -0.1) is 0 Å². The number of rotatable bonds is 3. The number of nitrogens with one attached hydrogen (secondary N) is 1. The Morgan fingerprint density at radius 3 is 1.56 bits per heavy atom. The molecule has 0 saturated carbocycles. The molecular formula is C30H31F6N4NaO7. The number of nitriles is 2. The van der Waals surface area contributed by atoms with Gasteiger partial charge in [0.2, 0.25) is 0 Å². The van der Waals surface area contributed by atoms with E-state index in [1.54, 1.807) is 27.7 Å². The Hall–Kier alpha value is -3.42. The number of nitrogen functional groups attached to an aromatic ring is 1. The van der Waals surface area contributed by atoms with Crippen LogP contribution >= 0.6 is 0 Å². The van der Waals surface area contributed by atoms with Gasteiger partial charge in [0.1, 0.15) is 5.60 Å². The SMILES string of the molecule is CC1(C)OCC(C)(C(=O)Nc2ccc(C#N)c(C(F)(F)F)c2)O1.CC1(C)OCC(C)(C(=O)[O-])O1.N#Cc1ccc(N)cc1C(F)(F)F.[Na+]. The standard InChI is InChI=1S/C15H15F3N2O3.C8H5F3N2.C7H12O4.Na/c1-13(2)22-8-14(3,23-13)12(21)20-10-5-4-9(7-19)11(6-10)15(16,17)18;9-8(10,11)7-3-6(13)2-1-5(7)4-12;1-6(2)10-4-7(3,11-6)5(8)9;/h4-6H,8H2,1-3H3,(H,20,21);1-3H,13H2;4H2,1-3H3,(H,8,9);/q;;;+1/p-1. The van der Waals surface area contributed by atoms with E-state index < -0.39 is 69.3 Å². The minimum absolute atomic E-state index is 0. The van der Waals surface area contributed by atoms with Gasteiger partial charge in [-0.3, -0.25) is 4.79 Å². The molecular weight excluding hydrogens is 665 g/mol. The fraction of sp³-hybridized carbons (Fsp3) is 0.467. The minimum atomic E-state index is -4.69. The molecule has 3 N–H and O–H groups in total. The van der Waals surface area contributed by atoms with E-state index in [-0.39, 0.29) is 54.1 Å². The summed E-state index contributed by atoms with van der Waals surface area (Å²) in [6.07, 6.45) is -9.22. The molecule has 0 radical (unpaired) electrons. The summed E-state index contributed by atoms with van der Waals surface area (Å²) < 4.78 is 96.4. The molecule has 0 aliphatic carbocycles. The van der Waals surface area contributed by atoms with Crippen LogP contribution in [0.1, 0.15) is 63.8 Å². The summed E-state index contributed by atoms with van der Waals surface area (Å²) in [7, 11) is 0. The summed E-state index contributed by atoms with van der Waals surface area (Å²) in [6, 6.07) is 8.96. The first-order chi connectivity index (χ1) is 21.3. The summed E-state index contributed by atoms with van der Waals surface area (Å²) in [5.74, 6) is -3.62. The second-order valence-corrected chi connectivity index (χ2v) is 11.6. The zero-order valence-electron chi connectivity index (χ0n) is 27.0. The monoisotopic (exact) mass is 696 g/mol. The Bertz CT molecular complexity index is 1590. The van der Waals surface area contributed by atoms with Crippen molar-refractivity contribution in [2.75, 3.05) is 24.3 Å². The van der Waals surface area contributed by atoms with Crippen molar-refractivity contribution in [2.45, 2.75) is 76.7 Å². The van der Waals surface area contributed by atoms with Crippen LogP contribution in [0, 0.1) is 22.7 Å². The van der Waals surface area contributed by atoms with Crippen LogP contribution in [0.3, 0.4) is 0 Å². The summed E-state index contributed by atoms with van der Waals surface area (Å²) >= 11 is 0. The van der Waals surface area contributed by atoms with E-state index in [0.29, 0.717) is 0 Å². The second kappa shape index (κ2) is 15.4. The fourth-order valence-electron chi connectivity index (χ4n) is 4.15. The molecule has 2 fully saturated rings. The number of amides is 1. The van der Waals surface area contributed by atoms with Crippen molar-refractivity contribution in [2.24, 2.45) is 0 Å². The molecule has 2 saturated heterocycles. The zero-order chi connectivity index (χ0) is 36.2. The maximum absolute atomic E-state index is 12.9. The van der Waals surface area contributed by atoms with Crippen LogP contribution < -0.4 is 45.7 Å². The quantitative estimate of drug-likeness (QED) is 0.271. The van der Waals surface area contributed by atoms with E-state index in [1.165, 1.54) is 38.1 Å². The van der Waals surface area contributed by atoms with Crippen LogP contribution in [0.4, 0.5) is 37.7 Å².